The lowest BCUT2D eigenvalue weighted by atomic mass is 9.88. The van der Waals surface area contributed by atoms with Crippen LogP contribution < -0.4 is 15.2 Å². The summed E-state index contributed by atoms with van der Waals surface area (Å²) < 4.78 is 24.6. The van der Waals surface area contributed by atoms with E-state index in [2.05, 4.69) is 34.7 Å². The lowest BCUT2D eigenvalue weighted by Crippen LogP contribution is -2.35. The number of urea groups is 1. The van der Waals surface area contributed by atoms with Crippen molar-refractivity contribution in [2.75, 3.05) is 11.9 Å². The number of carbonyl (C=O) groups excluding carboxylic acids is 1. The second-order valence-corrected chi connectivity index (χ2v) is 11.0. The average molecular weight is 444 g/mol. The fourth-order valence-electron chi connectivity index (χ4n) is 4.95. The van der Waals surface area contributed by atoms with E-state index < -0.39 is 15.9 Å². The van der Waals surface area contributed by atoms with Crippen molar-refractivity contribution < 1.29 is 13.7 Å². The predicted octanol–water partition coefficient (Wildman–Crippen LogP) is 3.60. The number of hydrogen-bond donors (Lipinski definition) is 2. The average Bonchev–Trinajstić information content (AvgIpc) is 3.46. The van der Waals surface area contributed by atoms with Crippen LogP contribution in [0.1, 0.15) is 55.4 Å². The van der Waals surface area contributed by atoms with E-state index in [0.29, 0.717) is 19.0 Å². The Morgan fingerprint density at radius 1 is 1.29 bits per heavy atom. The van der Waals surface area contributed by atoms with Gasteiger partial charge >= 0.3 is 6.03 Å². The summed E-state index contributed by atoms with van der Waals surface area (Å²) in [5, 5.41) is 13.3. The van der Waals surface area contributed by atoms with Gasteiger partial charge in [-0.05, 0) is 67.2 Å². The highest BCUT2D eigenvalue weighted by molar-refractivity contribution is 7.91. The normalized spacial score (nSPS) is 23.3. The van der Waals surface area contributed by atoms with Crippen molar-refractivity contribution in [2.24, 2.45) is 14.9 Å². The molecule has 31 heavy (non-hydrogen) atoms. The van der Waals surface area contributed by atoms with Crippen LogP contribution in [-0.4, -0.2) is 26.6 Å². The van der Waals surface area contributed by atoms with Crippen LogP contribution in [0.4, 0.5) is 10.5 Å². The number of nitrogens with two attached hydrogens (primary N) is 1. The molecule has 2 aliphatic carbocycles. The van der Waals surface area contributed by atoms with E-state index in [1.54, 1.807) is 4.68 Å². The van der Waals surface area contributed by atoms with Gasteiger partial charge in [0.1, 0.15) is 4.90 Å². The Balaban J connectivity index is 1.45. The molecule has 8 nitrogen and oxygen atoms in total. The minimum atomic E-state index is -3.50. The zero-order valence-corrected chi connectivity index (χ0v) is 18.9. The maximum absolute atomic E-state index is 13.2. The van der Waals surface area contributed by atoms with Gasteiger partial charge < -0.3 is 10.1 Å². The number of carbonyl (C=O) groups is 1. The van der Waals surface area contributed by atoms with E-state index in [1.165, 1.54) is 28.5 Å². The summed E-state index contributed by atoms with van der Waals surface area (Å²) in [7, 11) is -3.50. The molecule has 166 valence electrons. The van der Waals surface area contributed by atoms with Crippen molar-refractivity contribution in [1.82, 2.24) is 9.78 Å². The molecule has 0 fully saturated rings. The fraction of sp³-hybridized carbons (Fsp3) is 0.545. The van der Waals surface area contributed by atoms with E-state index >= 15 is 0 Å². The number of aryl methyl sites for hydroxylation is 2. The summed E-state index contributed by atoms with van der Waals surface area (Å²) in [4.78, 5) is 13.0. The van der Waals surface area contributed by atoms with Crippen molar-refractivity contribution in [1.29, 1.82) is 0 Å². The molecule has 0 radical (unpaired) electrons. The molecule has 2 heterocycles. The number of anilines is 1. The van der Waals surface area contributed by atoms with Gasteiger partial charge in [0.25, 0.3) is 0 Å². The molecule has 0 saturated heterocycles. The number of fused-ring (bicyclic) bond motifs is 3. The number of nitrogens with zero attached hydrogens (tertiary/aromatic N) is 3. The number of aromatic nitrogens is 2. The first kappa shape index (κ1) is 20.5. The molecule has 3 aliphatic rings. The molecule has 2 amide bonds. The Labute approximate surface area is 182 Å². The molecule has 1 aromatic carbocycles. The predicted molar refractivity (Wildman–Crippen MR) is 119 cm³/mol. The Hall–Kier alpha value is -2.39. The monoisotopic (exact) mass is 443 g/mol. The number of ether oxygens (including phenoxy) is 1. The number of nitrogens with one attached hydrogen (secondary N) is 1. The molecule has 2 atom stereocenters. The van der Waals surface area contributed by atoms with Crippen LogP contribution in [0, 0.1) is 5.41 Å². The molecule has 9 heteroatoms. The maximum Gasteiger partial charge on any atom is 0.354 e. The van der Waals surface area contributed by atoms with Crippen LogP contribution in [0.15, 0.2) is 21.5 Å². The van der Waals surface area contributed by atoms with E-state index in [9.17, 15) is 9.00 Å². The Kier molecular flexibility index (Phi) is 4.86. The van der Waals surface area contributed by atoms with Crippen molar-refractivity contribution in [3.8, 4) is 5.88 Å². The fourth-order valence-corrected chi connectivity index (χ4v) is 5.95. The second kappa shape index (κ2) is 7.34. The standard InChI is InChI=1S/C22H29N5O3S/c1-3-22(2)12-27-20(30-13-22)18(11-24-27)31(23,29)26-21(28)25-19-16-8-4-6-14(16)10-15-7-5-9-17(15)19/h10-11H,3-9,12-13H2,1-2H3,(H3,23,25,26,28,29)/t22-,31?/m1/s1. The van der Waals surface area contributed by atoms with Gasteiger partial charge in [-0.2, -0.15) is 5.10 Å². The van der Waals surface area contributed by atoms with Gasteiger partial charge in [0.2, 0.25) is 5.88 Å². The second-order valence-electron chi connectivity index (χ2n) is 9.25. The minimum Gasteiger partial charge on any atom is -0.476 e. The van der Waals surface area contributed by atoms with Gasteiger partial charge in [-0.1, -0.05) is 19.9 Å². The number of rotatable bonds is 3. The van der Waals surface area contributed by atoms with Gasteiger partial charge in [-0.3, -0.25) is 0 Å². The van der Waals surface area contributed by atoms with Crippen LogP contribution in [-0.2, 0) is 42.1 Å². The molecule has 1 aromatic heterocycles. The minimum absolute atomic E-state index is 0.0473. The third kappa shape index (κ3) is 3.53. The van der Waals surface area contributed by atoms with E-state index in [0.717, 1.165) is 50.6 Å². The van der Waals surface area contributed by atoms with E-state index in [1.807, 2.05) is 0 Å². The van der Waals surface area contributed by atoms with E-state index in [-0.39, 0.29) is 10.3 Å². The van der Waals surface area contributed by atoms with Gasteiger partial charge in [-0.15, -0.1) is 4.36 Å². The lowest BCUT2D eigenvalue weighted by molar-refractivity contribution is 0.0783. The summed E-state index contributed by atoms with van der Waals surface area (Å²) >= 11 is 0. The van der Waals surface area contributed by atoms with Crippen LogP contribution in [0.5, 0.6) is 5.88 Å². The summed E-state index contributed by atoms with van der Waals surface area (Å²) in [6.45, 7) is 5.34. The topological polar surface area (TPSA) is 112 Å². The lowest BCUT2D eigenvalue weighted by Gasteiger charge is -2.33. The summed E-state index contributed by atoms with van der Waals surface area (Å²) in [5.74, 6) is 0.344. The Morgan fingerprint density at radius 2 is 1.97 bits per heavy atom. The summed E-state index contributed by atoms with van der Waals surface area (Å²) in [6, 6.07) is 1.61. The van der Waals surface area contributed by atoms with Crippen LogP contribution in [0.2, 0.25) is 0 Å². The van der Waals surface area contributed by atoms with Crippen molar-refractivity contribution >= 4 is 21.6 Å². The molecule has 0 saturated carbocycles. The molecule has 3 N–H and O–H groups in total. The van der Waals surface area contributed by atoms with Crippen molar-refractivity contribution in [3.63, 3.8) is 0 Å². The first-order chi connectivity index (χ1) is 14.8. The zero-order valence-electron chi connectivity index (χ0n) is 18.1. The Morgan fingerprint density at radius 3 is 2.61 bits per heavy atom. The van der Waals surface area contributed by atoms with Crippen LogP contribution in [0.25, 0.3) is 0 Å². The van der Waals surface area contributed by atoms with Crippen molar-refractivity contribution in [2.45, 2.75) is 70.2 Å². The zero-order chi connectivity index (χ0) is 21.8. The van der Waals surface area contributed by atoms with Gasteiger partial charge in [-0.25, -0.2) is 18.8 Å². The van der Waals surface area contributed by atoms with Gasteiger partial charge in [0.15, 0.2) is 9.92 Å². The third-order valence-corrected chi connectivity index (χ3v) is 8.29. The van der Waals surface area contributed by atoms with Crippen LogP contribution in [0.3, 0.4) is 0 Å². The largest absolute Gasteiger partial charge is 0.476 e. The number of benzene rings is 1. The maximum atomic E-state index is 13.2. The third-order valence-electron chi connectivity index (χ3n) is 6.94. The molecule has 1 aliphatic heterocycles. The molecule has 1 unspecified atom stereocenters. The van der Waals surface area contributed by atoms with Gasteiger partial charge in [0.05, 0.1) is 19.3 Å². The van der Waals surface area contributed by atoms with Crippen LogP contribution >= 0.6 is 0 Å². The molecule has 2 aromatic rings. The first-order valence-corrected chi connectivity index (χ1v) is 12.6. The quantitative estimate of drug-likeness (QED) is 0.755. The highest BCUT2D eigenvalue weighted by atomic mass is 32.2. The SMILES string of the molecule is CC[C@@]1(C)COc2c(S(N)(=O)=NC(=O)Nc3c4c(cc5c3CCC5)CCC4)cnn2C1. The summed E-state index contributed by atoms with van der Waals surface area (Å²) in [5.41, 5.74) is 5.81. The number of amides is 2. The van der Waals surface area contributed by atoms with Gasteiger partial charge in [0, 0.05) is 11.1 Å². The first-order valence-electron chi connectivity index (χ1n) is 11.0. The Bertz CT molecular complexity index is 1160. The van der Waals surface area contributed by atoms with Crippen molar-refractivity contribution in [3.05, 3.63) is 34.5 Å². The molecular weight excluding hydrogens is 414 g/mol. The molecule has 0 bridgehead atoms. The smallest absolute Gasteiger partial charge is 0.354 e. The summed E-state index contributed by atoms with van der Waals surface area (Å²) in [6.07, 6.45) is 8.46. The molecular formula is C22H29N5O3S. The van der Waals surface area contributed by atoms with E-state index in [4.69, 9.17) is 9.88 Å². The molecule has 5 rings (SSSR count). The highest BCUT2D eigenvalue weighted by Gasteiger charge is 2.34. The number of hydrogen-bond acceptors (Lipinski definition) is 4. The highest BCUT2D eigenvalue weighted by Crippen LogP contribution is 2.39. The molecule has 0 spiro atoms.